The molecular weight excluding hydrogens is 403 g/mol. The number of halogens is 3. The van der Waals surface area contributed by atoms with Crippen molar-refractivity contribution < 1.29 is 27.4 Å². The molecule has 3 rings (SSSR count). The molecule has 3 aromatic rings. The van der Waals surface area contributed by atoms with Crippen LogP contribution in [0.4, 0.5) is 13.2 Å². The Balaban J connectivity index is 1.82. The summed E-state index contributed by atoms with van der Waals surface area (Å²) < 4.78 is 51.4. The van der Waals surface area contributed by atoms with E-state index in [2.05, 4.69) is 19.9 Å². The molecule has 0 saturated heterocycles. The van der Waals surface area contributed by atoms with Gasteiger partial charge in [-0.1, -0.05) is 13.8 Å². The van der Waals surface area contributed by atoms with Crippen LogP contribution in [0.3, 0.4) is 0 Å². The minimum Gasteiger partial charge on any atom is -0.472 e. The van der Waals surface area contributed by atoms with Crippen molar-refractivity contribution in [3.8, 4) is 11.7 Å². The maximum atomic E-state index is 12.7. The third-order valence-corrected chi connectivity index (χ3v) is 4.31. The van der Waals surface area contributed by atoms with Gasteiger partial charge >= 0.3 is 12.1 Å². The van der Waals surface area contributed by atoms with Gasteiger partial charge in [0.05, 0.1) is 18.4 Å². The van der Waals surface area contributed by atoms with Gasteiger partial charge in [-0.2, -0.15) is 18.3 Å². The third-order valence-electron chi connectivity index (χ3n) is 4.31. The van der Waals surface area contributed by atoms with Crippen LogP contribution in [0.25, 0.3) is 5.82 Å². The van der Waals surface area contributed by atoms with Crippen LogP contribution in [-0.2, 0) is 24.6 Å². The second-order valence-corrected chi connectivity index (χ2v) is 6.81. The number of hydrogen-bond donors (Lipinski definition) is 0. The van der Waals surface area contributed by atoms with Crippen molar-refractivity contribution in [3.63, 3.8) is 0 Å². The molecule has 0 N–H and O–H groups in total. The Kier molecular flexibility index (Phi) is 5.81. The highest BCUT2D eigenvalue weighted by Crippen LogP contribution is 2.29. The third kappa shape index (κ3) is 4.44. The Hall–Kier alpha value is -3.37. The molecule has 0 aromatic carbocycles. The lowest BCUT2D eigenvalue weighted by molar-refractivity contribution is -0.137. The number of pyridine rings is 1. The lowest BCUT2D eigenvalue weighted by Gasteiger charge is -2.06. The summed E-state index contributed by atoms with van der Waals surface area (Å²) in [6, 6.07) is 3.67. The van der Waals surface area contributed by atoms with Gasteiger partial charge in [0.1, 0.15) is 12.3 Å². The van der Waals surface area contributed by atoms with Crippen LogP contribution in [-0.4, -0.2) is 37.6 Å². The lowest BCUT2D eigenvalue weighted by Crippen LogP contribution is -2.07. The van der Waals surface area contributed by atoms with Crippen LogP contribution in [0, 0.1) is 0 Å². The Morgan fingerprint density at radius 2 is 1.97 bits per heavy atom. The Morgan fingerprint density at radius 3 is 2.53 bits per heavy atom. The van der Waals surface area contributed by atoms with Gasteiger partial charge in [0.2, 0.25) is 5.88 Å². The van der Waals surface area contributed by atoms with Crippen molar-refractivity contribution in [2.45, 2.75) is 32.5 Å². The molecule has 0 bridgehead atoms. The van der Waals surface area contributed by atoms with Crippen molar-refractivity contribution in [2.75, 3.05) is 7.11 Å². The fraction of sp³-hybridized carbons (Fsp3) is 0.368. The van der Waals surface area contributed by atoms with E-state index in [0.717, 1.165) is 17.8 Å². The van der Waals surface area contributed by atoms with Crippen LogP contribution < -0.4 is 4.74 Å². The fourth-order valence-corrected chi connectivity index (χ4v) is 2.79. The van der Waals surface area contributed by atoms with Gasteiger partial charge in [-0.15, -0.1) is 5.10 Å². The molecule has 3 aromatic heterocycles. The first kappa shape index (κ1) is 21.3. The van der Waals surface area contributed by atoms with Crippen molar-refractivity contribution in [1.29, 1.82) is 0 Å². The fourth-order valence-electron chi connectivity index (χ4n) is 2.79. The quantitative estimate of drug-likeness (QED) is 0.564. The number of methoxy groups -OCH3 is 1. The number of aryl methyl sites for hydroxylation is 1. The SMILES string of the molecule is COC(=O)c1cc(OCc2cn(-c3ccc(C(F)(F)F)cn3)nc2C(C)C)nn1C. The summed E-state index contributed by atoms with van der Waals surface area (Å²) in [6.45, 7) is 3.98. The number of rotatable bonds is 6. The molecule has 0 unspecified atom stereocenters. The van der Waals surface area contributed by atoms with E-state index >= 15 is 0 Å². The van der Waals surface area contributed by atoms with Crippen LogP contribution in [0.15, 0.2) is 30.6 Å². The zero-order valence-electron chi connectivity index (χ0n) is 16.8. The van der Waals surface area contributed by atoms with Crippen molar-refractivity contribution >= 4 is 5.97 Å². The molecule has 160 valence electrons. The van der Waals surface area contributed by atoms with Gasteiger partial charge < -0.3 is 9.47 Å². The molecule has 0 spiro atoms. The summed E-state index contributed by atoms with van der Waals surface area (Å²) in [5.41, 5.74) is 0.835. The summed E-state index contributed by atoms with van der Waals surface area (Å²) in [7, 11) is 2.86. The molecule has 30 heavy (non-hydrogen) atoms. The van der Waals surface area contributed by atoms with Gasteiger partial charge in [-0.05, 0) is 18.1 Å². The number of hydrogen-bond acceptors (Lipinski definition) is 6. The normalized spacial score (nSPS) is 11.7. The average Bonchev–Trinajstić information content (AvgIpc) is 3.29. The summed E-state index contributed by atoms with van der Waals surface area (Å²) in [5.74, 6) is -0.0208. The predicted octanol–water partition coefficient (Wildman–Crippen LogP) is 3.51. The maximum absolute atomic E-state index is 12.7. The molecule has 0 aliphatic carbocycles. The Bertz CT molecular complexity index is 1040. The van der Waals surface area contributed by atoms with Crippen molar-refractivity contribution in [2.24, 2.45) is 7.05 Å². The highest BCUT2D eigenvalue weighted by molar-refractivity contribution is 5.87. The summed E-state index contributed by atoms with van der Waals surface area (Å²) >= 11 is 0. The zero-order valence-corrected chi connectivity index (χ0v) is 16.8. The van der Waals surface area contributed by atoms with Gasteiger partial charge in [0.25, 0.3) is 0 Å². The minimum absolute atomic E-state index is 0.0358. The van der Waals surface area contributed by atoms with Crippen molar-refractivity contribution in [1.82, 2.24) is 24.5 Å². The number of nitrogens with zero attached hydrogens (tertiary/aromatic N) is 5. The molecule has 0 radical (unpaired) electrons. The van der Waals surface area contributed by atoms with E-state index in [9.17, 15) is 18.0 Å². The first-order valence-corrected chi connectivity index (χ1v) is 8.97. The lowest BCUT2D eigenvalue weighted by atomic mass is 10.1. The smallest absolute Gasteiger partial charge is 0.417 e. The van der Waals surface area contributed by atoms with E-state index in [1.54, 1.807) is 13.2 Å². The Morgan fingerprint density at radius 1 is 1.23 bits per heavy atom. The zero-order chi connectivity index (χ0) is 22.1. The average molecular weight is 423 g/mol. The number of ether oxygens (including phenoxy) is 2. The number of esters is 1. The molecule has 11 heteroatoms. The summed E-state index contributed by atoms with van der Waals surface area (Å²) in [4.78, 5) is 15.5. The molecule has 0 fully saturated rings. The first-order valence-electron chi connectivity index (χ1n) is 8.97. The maximum Gasteiger partial charge on any atom is 0.417 e. The largest absolute Gasteiger partial charge is 0.472 e. The topological polar surface area (TPSA) is 84.1 Å². The molecular formula is C19H20F3N5O3. The monoisotopic (exact) mass is 423 g/mol. The van der Waals surface area contributed by atoms with E-state index in [-0.39, 0.29) is 29.9 Å². The van der Waals surface area contributed by atoms with Crippen LogP contribution in [0.2, 0.25) is 0 Å². The molecule has 0 aliphatic heterocycles. The number of alkyl halides is 3. The number of carbonyl (C=O) groups excluding carboxylic acids is 1. The van der Waals surface area contributed by atoms with Gasteiger partial charge in [0, 0.05) is 31.1 Å². The Labute approximate surface area is 170 Å². The summed E-state index contributed by atoms with van der Waals surface area (Å²) in [5, 5.41) is 8.56. The van der Waals surface area contributed by atoms with E-state index in [1.165, 1.54) is 28.6 Å². The second-order valence-electron chi connectivity index (χ2n) is 6.81. The predicted molar refractivity (Wildman–Crippen MR) is 99.3 cm³/mol. The number of aromatic nitrogens is 5. The van der Waals surface area contributed by atoms with Crippen LogP contribution in [0.5, 0.6) is 5.88 Å². The highest BCUT2D eigenvalue weighted by atomic mass is 19.4. The van der Waals surface area contributed by atoms with Crippen molar-refractivity contribution in [3.05, 3.63) is 53.1 Å². The van der Waals surface area contributed by atoms with Gasteiger partial charge in [0.15, 0.2) is 5.82 Å². The molecule has 3 heterocycles. The molecule has 8 nitrogen and oxygen atoms in total. The van der Waals surface area contributed by atoms with E-state index in [1.807, 2.05) is 13.8 Å². The number of carbonyl (C=O) groups is 1. The first-order chi connectivity index (χ1) is 14.1. The molecule has 0 amide bonds. The van der Waals surface area contributed by atoms with E-state index in [4.69, 9.17) is 4.74 Å². The molecule has 0 aliphatic rings. The molecule has 0 atom stereocenters. The van der Waals surface area contributed by atoms with Crippen LogP contribution >= 0.6 is 0 Å². The highest BCUT2D eigenvalue weighted by Gasteiger charge is 2.30. The van der Waals surface area contributed by atoms with E-state index < -0.39 is 17.7 Å². The second kappa shape index (κ2) is 8.17. The summed E-state index contributed by atoms with van der Waals surface area (Å²) in [6.07, 6.45) is -2.04. The molecule has 0 saturated carbocycles. The van der Waals surface area contributed by atoms with Gasteiger partial charge in [-0.3, -0.25) is 4.68 Å². The minimum atomic E-state index is -4.45. The standard InChI is InChI=1S/C19H20F3N5O3/c1-11(2)17-12(10-30-16-7-14(18(28)29-4)26(3)24-16)9-27(25-17)15-6-5-13(8-23-15)19(20,21)22/h5-9,11H,10H2,1-4H3. The van der Waals surface area contributed by atoms with E-state index in [0.29, 0.717) is 5.69 Å². The van der Waals surface area contributed by atoms with Crippen LogP contribution in [0.1, 0.15) is 47.1 Å². The van der Waals surface area contributed by atoms with Gasteiger partial charge in [-0.25, -0.2) is 14.5 Å².